The monoisotopic (exact) mass is 439 g/mol. The molecule has 0 aliphatic carbocycles. The van der Waals surface area contributed by atoms with Gasteiger partial charge in [-0.3, -0.25) is 14.4 Å². The Labute approximate surface area is 146 Å². The molecule has 0 bridgehead atoms. The van der Waals surface area contributed by atoms with Crippen LogP contribution in [0.3, 0.4) is 0 Å². The average Bonchev–Trinajstić information content (AvgIpc) is 2.18. The summed E-state index contributed by atoms with van der Waals surface area (Å²) in [6.45, 7) is 0. The molecular formula is C9H18O6S3Sb. The Morgan fingerprint density at radius 1 is 0.632 bits per heavy atom. The van der Waals surface area contributed by atoms with Gasteiger partial charge in [0.2, 0.25) is 0 Å². The largest absolute Gasteiger partial charge is 0.481 e. The minimum absolute atomic E-state index is 0. The van der Waals surface area contributed by atoms with Crippen LogP contribution >= 0.6 is 37.9 Å². The van der Waals surface area contributed by atoms with Crippen molar-refractivity contribution in [1.82, 2.24) is 0 Å². The molecule has 0 spiro atoms. The molecule has 0 aromatic heterocycles. The summed E-state index contributed by atoms with van der Waals surface area (Å²) in [4.78, 5) is 28.7. The van der Waals surface area contributed by atoms with Crippen LogP contribution in [0.25, 0.3) is 0 Å². The number of carboxylic acid groups (broad SMARTS) is 3. The molecule has 113 valence electrons. The summed E-state index contributed by atoms with van der Waals surface area (Å²) in [5, 5.41) is 23.6. The first kappa shape index (κ1) is 27.6. The van der Waals surface area contributed by atoms with E-state index in [1.165, 1.54) is 0 Å². The molecular weight excluding hydrogens is 422 g/mol. The molecule has 0 fully saturated rings. The molecule has 0 heterocycles. The first-order valence-corrected chi connectivity index (χ1v) is 6.69. The molecule has 0 aromatic rings. The van der Waals surface area contributed by atoms with E-state index >= 15 is 0 Å². The van der Waals surface area contributed by atoms with Gasteiger partial charge in [-0.2, -0.15) is 37.9 Å². The number of rotatable bonds is 6. The minimum Gasteiger partial charge on any atom is -0.481 e. The second-order valence-corrected chi connectivity index (χ2v) is 3.94. The van der Waals surface area contributed by atoms with Crippen molar-refractivity contribution in [2.75, 3.05) is 17.3 Å². The topological polar surface area (TPSA) is 112 Å². The van der Waals surface area contributed by atoms with Crippen LogP contribution < -0.4 is 0 Å². The third-order valence-corrected chi connectivity index (χ3v) is 1.65. The normalized spacial score (nSPS) is 7.74. The predicted molar refractivity (Wildman–Crippen MR) is 84.1 cm³/mol. The van der Waals surface area contributed by atoms with Crippen molar-refractivity contribution >= 4 is 80.2 Å². The molecule has 0 amide bonds. The Balaban J connectivity index is -0.0000000865. The third-order valence-electron chi connectivity index (χ3n) is 0.977. The van der Waals surface area contributed by atoms with E-state index in [0.29, 0.717) is 17.3 Å². The Morgan fingerprint density at radius 3 is 0.789 bits per heavy atom. The van der Waals surface area contributed by atoms with Gasteiger partial charge in [0, 0.05) is 41.7 Å². The van der Waals surface area contributed by atoms with Gasteiger partial charge in [-0.1, -0.05) is 0 Å². The van der Waals surface area contributed by atoms with Crippen molar-refractivity contribution < 1.29 is 29.7 Å². The quantitative estimate of drug-likeness (QED) is 0.269. The van der Waals surface area contributed by atoms with E-state index in [4.69, 9.17) is 15.3 Å². The minimum atomic E-state index is -0.787. The predicted octanol–water partition coefficient (Wildman–Crippen LogP) is 0.792. The summed E-state index contributed by atoms with van der Waals surface area (Å²) < 4.78 is 0. The van der Waals surface area contributed by atoms with Gasteiger partial charge in [0.05, 0.1) is 19.3 Å². The van der Waals surface area contributed by atoms with Gasteiger partial charge in [-0.05, 0) is 0 Å². The molecule has 0 saturated heterocycles. The molecule has 3 N–H and O–H groups in total. The van der Waals surface area contributed by atoms with Crippen LogP contribution in [0.15, 0.2) is 0 Å². The number of thiol groups is 3. The summed E-state index contributed by atoms with van der Waals surface area (Å²) in [5.74, 6) is -1.08. The molecule has 0 rings (SSSR count). The second kappa shape index (κ2) is 23.4. The zero-order valence-electron chi connectivity index (χ0n) is 10.1. The fourth-order valence-electron chi connectivity index (χ4n) is 0.287. The second-order valence-electron chi connectivity index (χ2n) is 2.60. The maximum absolute atomic E-state index is 9.55. The molecule has 10 heteroatoms. The van der Waals surface area contributed by atoms with Crippen LogP contribution in [0, 0.1) is 0 Å². The number of carbonyl (C=O) groups is 3. The maximum Gasteiger partial charge on any atom is 0.304 e. The molecule has 0 aliphatic heterocycles. The number of aliphatic carboxylic acids is 3. The molecule has 0 aromatic carbocycles. The summed E-state index contributed by atoms with van der Waals surface area (Å²) >= 11 is 11.0. The van der Waals surface area contributed by atoms with Crippen LogP contribution in [0.5, 0.6) is 0 Å². The third kappa shape index (κ3) is 56.3. The van der Waals surface area contributed by atoms with Crippen LogP contribution in [-0.2, 0) is 14.4 Å². The van der Waals surface area contributed by atoms with E-state index in [9.17, 15) is 14.4 Å². The van der Waals surface area contributed by atoms with Crippen molar-refractivity contribution in [3.05, 3.63) is 0 Å². The summed E-state index contributed by atoms with van der Waals surface area (Å²) in [5.41, 5.74) is 0. The van der Waals surface area contributed by atoms with Crippen molar-refractivity contribution in [3.63, 3.8) is 0 Å². The standard InChI is InChI=1S/3C3H6O2S.Sb/c3*4-3(5)1-2-6;/h3*6H,1-2H2,(H,4,5);. The van der Waals surface area contributed by atoms with E-state index in [0.717, 1.165) is 0 Å². The molecule has 0 unspecified atom stereocenters. The van der Waals surface area contributed by atoms with Crippen LogP contribution in [0.2, 0.25) is 0 Å². The average molecular weight is 440 g/mol. The van der Waals surface area contributed by atoms with E-state index in [1.807, 2.05) is 0 Å². The van der Waals surface area contributed by atoms with Crippen LogP contribution in [0.4, 0.5) is 0 Å². The molecule has 3 radical (unpaired) electrons. The smallest absolute Gasteiger partial charge is 0.304 e. The first-order chi connectivity index (χ1) is 8.31. The molecule has 0 saturated carbocycles. The summed E-state index contributed by atoms with van der Waals surface area (Å²) in [6, 6.07) is 0. The zero-order chi connectivity index (χ0) is 15.0. The van der Waals surface area contributed by atoms with Crippen molar-refractivity contribution in [2.45, 2.75) is 19.3 Å². The van der Waals surface area contributed by atoms with Crippen LogP contribution in [0.1, 0.15) is 19.3 Å². The SMILES string of the molecule is O=C(O)CCS.O=C(O)CCS.O=C(O)CCS.[Sb]. The number of hydrogen-bond donors (Lipinski definition) is 6. The van der Waals surface area contributed by atoms with Crippen LogP contribution in [-0.4, -0.2) is 74.9 Å². The molecule has 19 heavy (non-hydrogen) atoms. The Morgan fingerprint density at radius 2 is 0.789 bits per heavy atom. The summed E-state index contributed by atoms with van der Waals surface area (Å²) in [7, 11) is 0. The number of hydrogen-bond acceptors (Lipinski definition) is 6. The van der Waals surface area contributed by atoms with Gasteiger partial charge in [-0.25, -0.2) is 0 Å². The Kier molecular flexibility index (Phi) is 33.9. The van der Waals surface area contributed by atoms with E-state index in [1.54, 1.807) is 0 Å². The Bertz CT molecular complexity index is 202. The maximum atomic E-state index is 9.55. The van der Waals surface area contributed by atoms with E-state index in [-0.39, 0.29) is 43.7 Å². The number of carboxylic acids is 3. The Hall–Kier alpha value is 0.278. The van der Waals surface area contributed by atoms with Crippen molar-refractivity contribution in [3.8, 4) is 0 Å². The van der Waals surface area contributed by atoms with Gasteiger partial charge in [0.1, 0.15) is 0 Å². The van der Waals surface area contributed by atoms with Crippen molar-refractivity contribution in [2.24, 2.45) is 0 Å². The first-order valence-electron chi connectivity index (χ1n) is 4.79. The van der Waals surface area contributed by atoms with Gasteiger partial charge in [0.15, 0.2) is 0 Å². The van der Waals surface area contributed by atoms with Gasteiger partial charge < -0.3 is 15.3 Å². The van der Waals surface area contributed by atoms with Gasteiger partial charge in [-0.15, -0.1) is 0 Å². The van der Waals surface area contributed by atoms with E-state index < -0.39 is 17.9 Å². The fraction of sp³-hybridized carbons (Fsp3) is 0.667. The molecule has 6 nitrogen and oxygen atoms in total. The molecule has 0 aliphatic rings. The zero-order valence-corrected chi connectivity index (χ0v) is 15.3. The molecule has 0 atom stereocenters. The fourth-order valence-corrected chi connectivity index (χ4v) is 0.861. The van der Waals surface area contributed by atoms with Gasteiger partial charge >= 0.3 is 17.9 Å². The van der Waals surface area contributed by atoms with Gasteiger partial charge in [0.25, 0.3) is 0 Å². The van der Waals surface area contributed by atoms with Crippen molar-refractivity contribution in [1.29, 1.82) is 0 Å². The summed E-state index contributed by atoms with van der Waals surface area (Å²) in [6.07, 6.45) is 0.468. The van der Waals surface area contributed by atoms with E-state index in [2.05, 4.69) is 37.9 Å².